The maximum Gasteiger partial charge on any atom is 0.0162 e. The Hall–Kier alpha value is -2.08. The van der Waals surface area contributed by atoms with Gasteiger partial charge in [0.05, 0.1) is 0 Å². The SMILES string of the molecule is CC1(C)CCC(C)(C)c2cc3c(cc21)-c1cc2c(cc1C3C(C)(C)C1C=CC(C3(C)C4CC5CC(C4)CC3C5)=C1)C(C)(C)CCC2(C)C. The van der Waals surface area contributed by atoms with Crippen LogP contribution in [0.1, 0.15) is 173 Å². The van der Waals surface area contributed by atoms with Crippen molar-refractivity contribution in [3.05, 3.63) is 81.4 Å². The quantitative estimate of drug-likeness (QED) is 0.313. The Morgan fingerprint density at radius 3 is 1.35 bits per heavy atom. The van der Waals surface area contributed by atoms with E-state index in [2.05, 4.69) is 119 Å². The molecule has 1 unspecified atom stereocenters. The highest BCUT2D eigenvalue weighted by molar-refractivity contribution is 5.83. The molecule has 0 amide bonds. The number of fused-ring (bicyclic) bond motifs is 5. The Morgan fingerprint density at radius 1 is 0.542 bits per heavy atom. The normalized spacial score (nSPS) is 36.0. The summed E-state index contributed by atoms with van der Waals surface area (Å²) in [5.74, 6) is 4.67. The fourth-order valence-electron chi connectivity index (χ4n) is 13.3. The van der Waals surface area contributed by atoms with E-state index in [1.807, 2.05) is 0 Å². The first-order valence-electron chi connectivity index (χ1n) is 20.1. The van der Waals surface area contributed by atoms with Gasteiger partial charge >= 0.3 is 0 Å². The molecule has 8 aliphatic carbocycles. The molecule has 48 heavy (non-hydrogen) atoms. The average molecular weight is 641 g/mol. The van der Waals surface area contributed by atoms with Crippen molar-refractivity contribution in [3.63, 3.8) is 0 Å². The van der Waals surface area contributed by atoms with Crippen LogP contribution in [0.2, 0.25) is 0 Å². The molecule has 0 radical (unpaired) electrons. The number of hydrogen-bond acceptors (Lipinski definition) is 0. The highest BCUT2D eigenvalue weighted by atomic mass is 14.6. The van der Waals surface area contributed by atoms with Gasteiger partial charge in [-0.25, -0.2) is 0 Å². The molecule has 10 rings (SSSR count). The molecule has 0 N–H and O–H groups in total. The molecular formula is C48H64. The van der Waals surface area contributed by atoms with Gasteiger partial charge in [-0.3, -0.25) is 0 Å². The van der Waals surface area contributed by atoms with Crippen molar-refractivity contribution < 1.29 is 0 Å². The molecular weight excluding hydrogens is 577 g/mol. The van der Waals surface area contributed by atoms with Crippen LogP contribution in [0.4, 0.5) is 0 Å². The van der Waals surface area contributed by atoms with Crippen molar-refractivity contribution in [1.82, 2.24) is 0 Å². The van der Waals surface area contributed by atoms with Crippen molar-refractivity contribution in [2.45, 2.75) is 162 Å². The Bertz CT molecular complexity index is 1660. The van der Waals surface area contributed by atoms with E-state index < -0.39 is 0 Å². The molecule has 4 saturated carbocycles. The molecule has 256 valence electrons. The van der Waals surface area contributed by atoms with Crippen LogP contribution in [0.3, 0.4) is 0 Å². The second kappa shape index (κ2) is 9.62. The van der Waals surface area contributed by atoms with E-state index in [1.165, 1.54) is 57.8 Å². The zero-order chi connectivity index (χ0) is 34.0. The van der Waals surface area contributed by atoms with Gasteiger partial charge in [0.2, 0.25) is 0 Å². The van der Waals surface area contributed by atoms with Crippen LogP contribution in [0.15, 0.2) is 48.1 Å². The molecule has 2 aromatic carbocycles. The molecule has 0 heteroatoms. The average Bonchev–Trinajstić information content (AvgIpc) is 3.64. The monoisotopic (exact) mass is 641 g/mol. The summed E-state index contributed by atoms with van der Waals surface area (Å²) in [6.07, 6.45) is 20.6. The summed E-state index contributed by atoms with van der Waals surface area (Å²) in [6.45, 7) is 28.0. The van der Waals surface area contributed by atoms with E-state index in [4.69, 9.17) is 0 Å². The first-order valence-corrected chi connectivity index (χ1v) is 20.1. The van der Waals surface area contributed by atoms with Gasteiger partial charge in [-0.1, -0.05) is 119 Å². The van der Waals surface area contributed by atoms with Gasteiger partial charge in [0.15, 0.2) is 0 Å². The molecule has 0 aliphatic heterocycles. The minimum Gasteiger partial charge on any atom is -0.0768 e. The molecule has 0 heterocycles. The topological polar surface area (TPSA) is 0 Å². The molecule has 4 fully saturated rings. The fourth-order valence-corrected chi connectivity index (χ4v) is 13.3. The first kappa shape index (κ1) is 31.9. The minimum atomic E-state index is 0.0612. The third-order valence-electron chi connectivity index (χ3n) is 16.9. The second-order valence-corrected chi connectivity index (χ2v) is 21.9. The number of benzene rings is 2. The van der Waals surface area contributed by atoms with Gasteiger partial charge in [0, 0.05) is 11.8 Å². The lowest BCUT2D eigenvalue weighted by molar-refractivity contribution is -0.0754. The lowest BCUT2D eigenvalue weighted by atomic mass is 9.44. The first-order chi connectivity index (χ1) is 22.3. The van der Waals surface area contributed by atoms with Crippen LogP contribution in [0.5, 0.6) is 0 Å². The third kappa shape index (κ3) is 4.19. The molecule has 0 spiro atoms. The van der Waals surface area contributed by atoms with E-state index in [0.29, 0.717) is 17.3 Å². The van der Waals surface area contributed by atoms with Gasteiger partial charge in [0.1, 0.15) is 0 Å². The van der Waals surface area contributed by atoms with Gasteiger partial charge in [0.25, 0.3) is 0 Å². The van der Waals surface area contributed by atoms with Crippen molar-refractivity contribution in [1.29, 1.82) is 0 Å². The summed E-state index contributed by atoms with van der Waals surface area (Å²) in [7, 11) is 0. The van der Waals surface area contributed by atoms with E-state index in [0.717, 1.165) is 23.7 Å². The lowest BCUT2D eigenvalue weighted by Gasteiger charge is -2.60. The molecule has 4 bridgehead atoms. The number of hydrogen-bond donors (Lipinski definition) is 0. The third-order valence-corrected chi connectivity index (χ3v) is 16.9. The van der Waals surface area contributed by atoms with Gasteiger partial charge < -0.3 is 0 Å². The van der Waals surface area contributed by atoms with Crippen molar-refractivity contribution in [2.24, 2.45) is 40.4 Å². The molecule has 1 atom stereocenters. The zero-order valence-corrected chi connectivity index (χ0v) is 32.4. The fraction of sp³-hybridized carbons (Fsp3) is 0.667. The van der Waals surface area contributed by atoms with Crippen LogP contribution in [0.25, 0.3) is 11.1 Å². The van der Waals surface area contributed by atoms with Crippen LogP contribution in [-0.4, -0.2) is 0 Å². The van der Waals surface area contributed by atoms with Crippen molar-refractivity contribution >= 4 is 0 Å². The number of rotatable bonds is 3. The highest BCUT2D eigenvalue weighted by Crippen LogP contribution is 2.67. The minimum absolute atomic E-state index is 0.0612. The van der Waals surface area contributed by atoms with Crippen LogP contribution in [0, 0.1) is 40.4 Å². The van der Waals surface area contributed by atoms with E-state index in [-0.39, 0.29) is 27.1 Å². The molecule has 0 nitrogen and oxygen atoms in total. The molecule has 0 aromatic heterocycles. The standard InChI is InChI=1S/C48H64/c1-43(2)14-16-45(5,6)40-26-36-34(24-38(40)43)35-25-39-41(46(7,8)17-15-44(39,3)4)27-37(35)42(36)47(9,10)30-12-13-31(23-30)48(11)32-19-28-18-29(21-32)22-33(48)20-28/h12-13,23-30,32-33,42H,14-22H2,1-11H3. The summed E-state index contributed by atoms with van der Waals surface area (Å²) in [5, 5.41) is 0. The van der Waals surface area contributed by atoms with Gasteiger partial charge in [-0.2, -0.15) is 0 Å². The highest BCUT2D eigenvalue weighted by Gasteiger charge is 2.57. The van der Waals surface area contributed by atoms with Gasteiger partial charge in [-0.05, 0) is 164 Å². The Kier molecular flexibility index (Phi) is 6.39. The molecule has 0 saturated heterocycles. The molecule has 8 aliphatic rings. The summed E-state index contributed by atoms with van der Waals surface area (Å²) in [6, 6.07) is 10.9. The summed E-state index contributed by atoms with van der Waals surface area (Å²) in [4.78, 5) is 0. The maximum absolute atomic E-state index is 2.80. The predicted molar refractivity (Wildman–Crippen MR) is 204 cm³/mol. The van der Waals surface area contributed by atoms with E-state index in [1.54, 1.807) is 50.1 Å². The van der Waals surface area contributed by atoms with Crippen molar-refractivity contribution in [3.8, 4) is 11.1 Å². The number of allylic oxidation sites excluding steroid dienone is 4. The summed E-state index contributed by atoms with van der Waals surface area (Å²) in [5.41, 5.74) is 15.8. The van der Waals surface area contributed by atoms with Crippen LogP contribution in [-0.2, 0) is 21.7 Å². The van der Waals surface area contributed by atoms with E-state index >= 15 is 0 Å². The van der Waals surface area contributed by atoms with Gasteiger partial charge in [-0.15, -0.1) is 0 Å². The van der Waals surface area contributed by atoms with Crippen LogP contribution >= 0.6 is 0 Å². The Morgan fingerprint density at radius 2 is 0.938 bits per heavy atom. The summed E-state index contributed by atoms with van der Waals surface area (Å²) < 4.78 is 0. The largest absolute Gasteiger partial charge is 0.0768 e. The van der Waals surface area contributed by atoms with Crippen LogP contribution < -0.4 is 0 Å². The zero-order valence-electron chi connectivity index (χ0n) is 32.4. The van der Waals surface area contributed by atoms with Crippen molar-refractivity contribution in [2.75, 3.05) is 0 Å². The maximum atomic E-state index is 2.80. The molecule has 2 aromatic rings. The Labute approximate surface area is 293 Å². The lowest BCUT2D eigenvalue weighted by Crippen LogP contribution is -2.52. The van der Waals surface area contributed by atoms with E-state index in [9.17, 15) is 0 Å². The second-order valence-electron chi connectivity index (χ2n) is 21.9. The smallest absolute Gasteiger partial charge is 0.0162 e. The summed E-state index contributed by atoms with van der Waals surface area (Å²) >= 11 is 0. The predicted octanol–water partition coefficient (Wildman–Crippen LogP) is 13.1. The Balaban J connectivity index is 1.21.